The topological polar surface area (TPSA) is 87.8 Å². The summed E-state index contributed by atoms with van der Waals surface area (Å²) in [5.41, 5.74) is 1.80. The average Bonchev–Trinajstić information content (AvgIpc) is 3.12. The summed E-state index contributed by atoms with van der Waals surface area (Å²) < 4.78 is 1.60. The zero-order valence-electron chi connectivity index (χ0n) is 13.9. The highest BCUT2D eigenvalue weighted by Gasteiger charge is 2.28. The summed E-state index contributed by atoms with van der Waals surface area (Å²) in [4.78, 5) is 24.8. The van der Waals surface area contributed by atoms with E-state index in [1.54, 1.807) is 41.2 Å². The van der Waals surface area contributed by atoms with Crippen LogP contribution in [-0.2, 0) is 11.3 Å². The second-order valence-corrected chi connectivity index (χ2v) is 5.69. The van der Waals surface area contributed by atoms with Gasteiger partial charge in [0.1, 0.15) is 0 Å². The molecule has 0 unspecified atom stereocenters. The molecule has 3 rings (SSSR count). The fourth-order valence-electron chi connectivity index (χ4n) is 2.49. The van der Waals surface area contributed by atoms with E-state index in [1.807, 2.05) is 36.4 Å². The Labute approximate surface area is 150 Å². The number of Topliss-reactive ketones (excluding diaryl/α,β-unsaturated/α-hetero) is 1. The van der Waals surface area contributed by atoms with Gasteiger partial charge in [-0.05, 0) is 17.7 Å². The molecular weight excluding hydrogens is 328 g/mol. The van der Waals surface area contributed by atoms with E-state index in [2.05, 4.69) is 10.4 Å². The Morgan fingerprint density at radius 3 is 2.38 bits per heavy atom. The zero-order chi connectivity index (χ0) is 18.4. The summed E-state index contributed by atoms with van der Waals surface area (Å²) in [5, 5.41) is 16.0. The number of benzene rings is 2. The number of amides is 1. The minimum absolute atomic E-state index is 0.232. The summed E-state index contributed by atoms with van der Waals surface area (Å²) >= 11 is 0. The van der Waals surface area contributed by atoms with Gasteiger partial charge in [-0.15, -0.1) is 0 Å². The summed E-state index contributed by atoms with van der Waals surface area (Å²) in [6.07, 6.45) is 2.93. The number of hydrogen-bond donors (Lipinski definition) is 1. The summed E-state index contributed by atoms with van der Waals surface area (Å²) in [7, 11) is 0. The lowest BCUT2D eigenvalue weighted by Crippen LogP contribution is -2.28. The van der Waals surface area contributed by atoms with Crippen molar-refractivity contribution >= 4 is 17.4 Å². The molecule has 0 bridgehead atoms. The maximum Gasteiger partial charge on any atom is 0.249 e. The van der Waals surface area contributed by atoms with Crippen molar-refractivity contribution < 1.29 is 9.59 Å². The number of anilines is 1. The van der Waals surface area contributed by atoms with Crippen molar-refractivity contribution in [1.82, 2.24) is 9.78 Å². The van der Waals surface area contributed by atoms with Crippen LogP contribution in [0.1, 0.15) is 15.9 Å². The van der Waals surface area contributed by atoms with Gasteiger partial charge in [0.15, 0.2) is 11.7 Å². The molecular formula is C20H16N4O2. The lowest BCUT2D eigenvalue weighted by Gasteiger charge is -2.08. The first-order valence-corrected chi connectivity index (χ1v) is 8.03. The fourth-order valence-corrected chi connectivity index (χ4v) is 2.49. The van der Waals surface area contributed by atoms with E-state index in [0.29, 0.717) is 12.2 Å². The molecule has 0 aliphatic carbocycles. The Kier molecular flexibility index (Phi) is 5.20. The third-order valence-corrected chi connectivity index (χ3v) is 3.80. The van der Waals surface area contributed by atoms with Crippen LogP contribution in [0.15, 0.2) is 73.1 Å². The number of rotatable bonds is 6. The molecule has 6 heteroatoms. The monoisotopic (exact) mass is 344 g/mol. The molecule has 0 aliphatic rings. The minimum atomic E-state index is -1.43. The van der Waals surface area contributed by atoms with Crippen molar-refractivity contribution in [3.63, 3.8) is 0 Å². The van der Waals surface area contributed by atoms with E-state index in [4.69, 9.17) is 0 Å². The van der Waals surface area contributed by atoms with Crippen molar-refractivity contribution in [3.8, 4) is 6.07 Å². The molecule has 1 amide bonds. The van der Waals surface area contributed by atoms with Crippen molar-refractivity contribution in [3.05, 3.63) is 84.2 Å². The first kappa shape index (κ1) is 17.1. The van der Waals surface area contributed by atoms with Gasteiger partial charge in [0, 0.05) is 11.9 Å². The number of aromatic nitrogens is 2. The van der Waals surface area contributed by atoms with Gasteiger partial charge in [-0.1, -0.05) is 48.5 Å². The van der Waals surface area contributed by atoms with Gasteiger partial charge >= 0.3 is 0 Å². The van der Waals surface area contributed by atoms with Crippen molar-refractivity contribution in [2.45, 2.75) is 6.54 Å². The maximum atomic E-state index is 12.5. The smallest absolute Gasteiger partial charge is 0.249 e. The van der Waals surface area contributed by atoms with Crippen LogP contribution in [0.2, 0.25) is 0 Å². The molecule has 0 spiro atoms. The Morgan fingerprint density at radius 1 is 1.08 bits per heavy atom. The molecule has 2 aromatic carbocycles. The SMILES string of the molecule is N#C[C@@H](C(=O)Nc1ccccc1)C(=O)c1cnn(Cc2ccccc2)c1. The van der Waals surface area contributed by atoms with Crippen LogP contribution in [0.3, 0.4) is 0 Å². The molecule has 0 saturated heterocycles. The van der Waals surface area contributed by atoms with Crippen LogP contribution in [0, 0.1) is 17.2 Å². The van der Waals surface area contributed by atoms with Crippen LogP contribution in [-0.4, -0.2) is 21.5 Å². The number of carbonyl (C=O) groups excluding carboxylic acids is 2. The number of ketones is 1. The molecule has 1 heterocycles. The van der Waals surface area contributed by atoms with Crippen molar-refractivity contribution in [1.29, 1.82) is 5.26 Å². The molecule has 1 N–H and O–H groups in total. The van der Waals surface area contributed by atoms with Gasteiger partial charge < -0.3 is 5.32 Å². The Hall–Kier alpha value is -3.72. The second kappa shape index (κ2) is 7.90. The average molecular weight is 344 g/mol. The molecule has 0 saturated carbocycles. The molecule has 26 heavy (non-hydrogen) atoms. The number of para-hydroxylation sites is 1. The van der Waals surface area contributed by atoms with Crippen LogP contribution in [0.4, 0.5) is 5.69 Å². The predicted molar refractivity (Wildman–Crippen MR) is 96.3 cm³/mol. The van der Waals surface area contributed by atoms with Crippen LogP contribution in [0.25, 0.3) is 0 Å². The van der Waals surface area contributed by atoms with E-state index in [1.165, 1.54) is 6.20 Å². The molecule has 0 radical (unpaired) electrons. The quantitative estimate of drug-likeness (QED) is 0.550. The van der Waals surface area contributed by atoms with Crippen LogP contribution < -0.4 is 5.32 Å². The third-order valence-electron chi connectivity index (χ3n) is 3.80. The summed E-state index contributed by atoms with van der Waals surface area (Å²) in [5.74, 6) is -2.65. The molecule has 1 aromatic heterocycles. The second-order valence-electron chi connectivity index (χ2n) is 5.69. The third kappa shape index (κ3) is 4.02. The molecule has 128 valence electrons. The number of nitrogens with zero attached hydrogens (tertiary/aromatic N) is 3. The van der Waals surface area contributed by atoms with Crippen LogP contribution in [0.5, 0.6) is 0 Å². The van der Waals surface area contributed by atoms with E-state index in [-0.39, 0.29) is 5.56 Å². The normalized spacial score (nSPS) is 11.3. The summed E-state index contributed by atoms with van der Waals surface area (Å²) in [6, 6.07) is 20.2. The summed E-state index contributed by atoms with van der Waals surface area (Å²) in [6.45, 7) is 0.502. The number of nitrogens with one attached hydrogen (secondary N) is 1. The number of hydrogen-bond acceptors (Lipinski definition) is 4. The molecule has 6 nitrogen and oxygen atoms in total. The van der Waals surface area contributed by atoms with Gasteiger partial charge in [0.05, 0.1) is 24.4 Å². The zero-order valence-corrected chi connectivity index (χ0v) is 13.9. The van der Waals surface area contributed by atoms with Gasteiger partial charge in [-0.25, -0.2) is 0 Å². The molecule has 3 aromatic rings. The lowest BCUT2D eigenvalue weighted by molar-refractivity contribution is -0.117. The molecule has 0 aliphatic heterocycles. The Morgan fingerprint density at radius 2 is 1.73 bits per heavy atom. The van der Waals surface area contributed by atoms with Crippen molar-refractivity contribution in [2.75, 3.05) is 5.32 Å². The highest BCUT2D eigenvalue weighted by Crippen LogP contribution is 2.13. The molecule has 1 atom stereocenters. The highest BCUT2D eigenvalue weighted by molar-refractivity contribution is 6.15. The largest absolute Gasteiger partial charge is 0.325 e. The van der Waals surface area contributed by atoms with Gasteiger partial charge in [-0.2, -0.15) is 10.4 Å². The highest BCUT2D eigenvalue weighted by atomic mass is 16.2. The molecule has 0 fully saturated rings. The van der Waals surface area contributed by atoms with Gasteiger partial charge in [0.2, 0.25) is 5.91 Å². The predicted octanol–water partition coefficient (Wildman–Crippen LogP) is 2.89. The van der Waals surface area contributed by atoms with Gasteiger partial charge in [-0.3, -0.25) is 14.3 Å². The standard InChI is InChI=1S/C20H16N4O2/c21-11-18(20(26)23-17-9-5-2-6-10-17)19(25)16-12-22-24(14-16)13-15-7-3-1-4-8-15/h1-10,12,14,18H,13H2,(H,23,26)/t18-/m1/s1. The minimum Gasteiger partial charge on any atom is -0.325 e. The Balaban J connectivity index is 1.71. The van der Waals surface area contributed by atoms with Gasteiger partial charge in [0.25, 0.3) is 0 Å². The first-order chi connectivity index (χ1) is 12.7. The first-order valence-electron chi connectivity index (χ1n) is 8.03. The number of carbonyl (C=O) groups is 2. The Bertz CT molecular complexity index is 943. The number of nitriles is 1. The van der Waals surface area contributed by atoms with E-state index >= 15 is 0 Å². The van der Waals surface area contributed by atoms with E-state index < -0.39 is 17.6 Å². The van der Waals surface area contributed by atoms with E-state index in [0.717, 1.165) is 5.56 Å². The van der Waals surface area contributed by atoms with E-state index in [9.17, 15) is 14.9 Å². The fraction of sp³-hybridized carbons (Fsp3) is 0.100. The lowest BCUT2D eigenvalue weighted by atomic mass is 10.0. The van der Waals surface area contributed by atoms with Crippen molar-refractivity contribution in [2.24, 2.45) is 5.92 Å². The maximum absolute atomic E-state index is 12.5. The van der Waals surface area contributed by atoms with Crippen LogP contribution >= 0.6 is 0 Å².